The Kier molecular flexibility index (Phi) is 4.61. The molecule has 0 aromatic carbocycles. The van der Waals surface area contributed by atoms with Crippen LogP contribution in [0.3, 0.4) is 0 Å². The van der Waals surface area contributed by atoms with Crippen LogP contribution in [0.2, 0.25) is 0 Å². The van der Waals surface area contributed by atoms with Gasteiger partial charge in [0, 0.05) is 17.8 Å². The number of aryl methyl sites for hydroxylation is 1. The zero-order valence-corrected chi connectivity index (χ0v) is 13.8. The third-order valence-electron chi connectivity index (χ3n) is 3.33. The molecule has 7 nitrogen and oxygen atoms in total. The summed E-state index contributed by atoms with van der Waals surface area (Å²) >= 11 is 1.62. The molecule has 0 bridgehead atoms. The van der Waals surface area contributed by atoms with Crippen LogP contribution in [0.4, 0.5) is 0 Å². The van der Waals surface area contributed by atoms with E-state index in [4.69, 9.17) is 4.52 Å². The summed E-state index contributed by atoms with van der Waals surface area (Å²) in [6.07, 6.45) is 6.71. The molecule has 0 aliphatic heterocycles. The first kappa shape index (κ1) is 15.5. The summed E-state index contributed by atoms with van der Waals surface area (Å²) in [6.45, 7) is 4.70. The first-order valence-corrected chi connectivity index (χ1v) is 8.27. The molecule has 3 aromatic rings. The number of hydrogen-bond donors (Lipinski definition) is 0. The lowest BCUT2D eigenvalue weighted by Gasteiger charge is -2.02. The Morgan fingerprint density at radius 2 is 2.22 bits per heavy atom. The van der Waals surface area contributed by atoms with E-state index in [1.165, 1.54) is 4.57 Å². The molecule has 0 radical (unpaired) electrons. The van der Waals surface area contributed by atoms with Crippen LogP contribution in [-0.4, -0.2) is 24.7 Å². The maximum atomic E-state index is 11.9. The molecule has 0 spiro atoms. The highest BCUT2D eigenvalue weighted by atomic mass is 32.1. The first-order chi connectivity index (χ1) is 11.1. The van der Waals surface area contributed by atoms with Gasteiger partial charge in [0.1, 0.15) is 5.69 Å². The first-order valence-electron chi connectivity index (χ1n) is 7.39. The third kappa shape index (κ3) is 3.70. The van der Waals surface area contributed by atoms with Gasteiger partial charge in [-0.3, -0.25) is 9.51 Å². The third-order valence-corrected chi connectivity index (χ3v) is 4.29. The molecule has 8 heteroatoms. The van der Waals surface area contributed by atoms with Crippen molar-refractivity contribution in [2.45, 2.75) is 33.2 Å². The maximum Gasteiger partial charge on any atom is 0.442 e. The molecule has 0 aliphatic rings. The summed E-state index contributed by atoms with van der Waals surface area (Å²) in [4.78, 5) is 24.6. The van der Waals surface area contributed by atoms with Crippen molar-refractivity contribution in [2.24, 2.45) is 5.92 Å². The topological polar surface area (TPSA) is 86.7 Å². The van der Waals surface area contributed by atoms with Crippen LogP contribution < -0.4 is 5.76 Å². The molecule has 3 aromatic heterocycles. The highest BCUT2D eigenvalue weighted by molar-refractivity contribution is 7.09. The van der Waals surface area contributed by atoms with E-state index in [-0.39, 0.29) is 0 Å². The monoisotopic (exact) mass is 331 g/mol. The summed E-state index contributed by atoms with van der Waals surface area (Å²) in [6, 6.07) is 0. The predicted octanol–water partition coefficient (Wildman–Crippen LogP) is 2.39. The van der Waals surface area contributed by atoms with Crippen LogP contribution in [0.1, 0.15) is 31.0 Å². The van der Waals surface area contributed by atoms with E-state index in [0.717, 1.165) is 23.5 Å². The Morgan fingerprint density at radius 3 is 2.96 bits per heavy atom. The Hall–Kier alpha value is -2.35. The van der Waals surface area contributed by atoms with Crippen molar-refractivity contribution in [3.05, 3.63) is 45.2 Å². The van der Waals surface area contributed by atoms with E-state index in [2.05, 4.69) is 34.0 Å². The molecule has 0 N–H and O–H groups in total. The van der Waals surface area contributed by atoms with E-state index >= 15 is 0 Å². The quantitative estimate of drug-likeness (QED) is 0.689. The molecule has 3 rings (SSSR count). The summed E-state index contributed by atoms with van der Waals surface area (Å²) in [5.74, 6) is 0.480. The molecule has 0 amide bonds. The highest BCUT2D eigenvalue weighted by Crippen LogP contribution is 2.17. The highest BCUT2D eigenvalue weighted by Gasteiger charge is 2.15. The van der Waals surface area contributed by atoms with Crippen molar-refractivity contribution < 1.29 is 4.52 Å². The van der Waals surface area contributed by atoms with E-state index < -0.39 is 5.76 Å². The second-order valence-corrected chi connectivity index (χ2v) is 6.56. The molecule has 0 unspecified atom stereocenters. The van der Waals surface area contributed by atoms with Crippen molar-refractivity contribution in [3.8, 4) is 11.5 Å². The number of aromatic nitrogens is 5. The minimum Gasteiger partial charge on any atom is -0.295 e. The van der Waals surface area contributed by atoms with Gasteiger partial charge in [-0.2, -0.15) is 0 Å². The standard InChI is InChI=1S/C15H17N5O2S/c1-10(2)3-4-13-18-11(9-23-13)8-20-14(19-22-15(20)21)12-7-16-5-6-17-12/h5-7,9-10H,3-4,8H2,1-2H3. The van der Waals surface area contributed by atoms with E-state index in [9.17, 15) is 4.79 Å². The van der Waals surface area contributed by atoms with Crippen molar-refractivity contribution in [2.75, 3.05) is 0 Å². The smallest absolute Gasteiger partial charge is 0.295 e. The second kappa shape index (κ2) is 6.82. The van der Waals surface area contributed by atoms with Gasteiger partial charge in [0.2, 0.25) is 5.82 Å². The van der Waals surface area contributed by atoms with Crippen LogP contribution in [-0.2, 0) is 13.0 Å². The lowest BCUT2D eigenvalue weighted by Crippen LogP contribution is -2.17. The molecule has 0 saturated carbocycles. The van der Waals surface area contributed by atoms with Crippen LogP contribution in [0.15, 0.2) is 33.3 Å². The predicted molar refractivity (Wildman–Crippen MR) is 86.2 cm³/mol. The van der Waals surface area contributed by atoms with Crippen LogP contribution >= 0.6 is 11.3 Å². The van der Waals surface area contributed by atoms with Crippen molar-refractivity contribution in [3.63, 3.8) is 0 Å². The van der Waals surface area contributed by atoms with E-state index in [1.54, 1.807) is 29.9 Å². The lowest BCUT2D eigenvalue weighted by atomic mass is 10.1. The average molecular weight is 331 g/mol. The molecular formula is C15H17N5O2S. The largest absolute Gasteiger partial charge is 0.442 e. The van der Waals surface area contributed by atoms with Gasteiger partial charge in [0.15, 0.2) is 0 Å². The zero-order chi connectivity index (χ0) is 16.2. The number of nitrogens with zero attached hydrogens (tertiary/aromatic N) is 5. The lowest BCUT2D eigenvalue weighted by molar-refractivity contribution is 0.378. The Morgan fingerprint density at radius 1 is 1.35 bits per heavy atom. The number of hydrogen-bond acceptors (Lipinski definition) is 7. The summed E-state index contributed by atoms with van der Waals surface area (Å²) < 4.78 is 6.20. The normalized spacial score (nSPS) is 11.3. The van der Waals surface area contributed by atoms with Crippen molar-refractivity contribution in [1.29, 1.82) is 0 Å². The minimum absolute atomic E-state index is 0.312. The Bertz CT molecular complexity index is 822. The van der Waals surface area contributed by atoms with Gasteiger partial charge in [-0.1, -0.05) is 19.0 Å². The number of rotatable bonds is 6. The Labute approximate surface area is 137 Å². The molecule has 120 valence electrons. The molecule has 0 atom stereocenters. The maximum absolute atomic E-state index is 11.9. The molecule has 0 fully saturated rings. The van der Waals surface area contributed by atoms with Gasteiger partial charge in [0.05, 0.1) is 23.4 Å². The SMILES string of the molecule is CC(C)CCc1nc(Cn2c(-c3cnccn3)noc2=O)cs1. The second-order valence-electron chi connectivity index (χ2n) is 5.61. The van der Waals surface area contributed by atoms with Gasteiger partial charge < -0.3 is 0 Å². The van der Waals surface area contributed by atoms with Crippen LogP contribution in [0.5, 0.6) is 0 Å². The fourth-order valence-corrected chi connectivity index (χ4v) is 2.92. The molecule has 0 aliphatic carbocycles. The molecule has 3 heterocycles. The summed E-state index contributed by atoms with van der Waals surface area (Å²) in [5.41, 5.74) is 1.32. The molecular weight excluding hydrogens is 314 g/mol. The Balaban J connectivity index is 1.81. The van der Waals surface area contributed by atoms with Gasteiger partial charge in [-0.15, -0.1) is 11.3 Å². The van der Waals surface area contributed by atoms with Crippen molar-refractivity contribution >= 4 is 11.3 Å². The molecule has 23 heavy (non-hydrogen) atoms. The van der Waals surface area contributed by atoms with Gasteiger partial charge >= 0.3 is 5.76 Å². The van der Waals surface area contributed by atoms with Gasteiger partial charge in [-0.05, 0) is 18.8 Å². The fraction of sp³-hybridized carbons (Fsp3) is 0.400. The van der Waals surface area contributed by atoms with Gasteiger partial charge in [-0.25, -0.2) is 19.3 Å². The summed E-state index contributed by atoms with van der Waals surface area (Å²) in [5, 5.41) is 6.85. The number of thiazole rings is 1. The van der Waals surface area contributed by atoms with Gasteiger partial charge in [0.25, 0.3) is 0 Å². The van der Waals surface area contributed by atoms with E-state index in [1.807, 2.05) is 5.38 Å². The van der Waals surface area contributed by atoms with Crippen molar-refractivity contribution in [1.82, 2.24) is 24.7 Å². The van der Waals surface area contributed by atoms with E-state index in [0.29, 0.717) is 24.0 Å². The average Bonchev–Trinajstić information content (AvgIpc) is 3.14. The minimum atomic E-state index is -0.526. The molecule has 0 saturated heterocycles. The fourth-order valence-electron chi connectivity index (χ4n) is 2.12. The zero-order valence-electron chi connectivity index (χ0n) is 13.0. The summed E-state index contributed by atoms with van der Waals surface area (Å²) in [7, 11) is 0. The van der Waals surface area contributed by atoms with Crippen LogP contribution in [0.25, 0.3) is 11.5 Å². The van der Waals surface area contributed by atoms with Crippen LogP contribution in [0, 0.1) is 5.92 Å².